The zero-order valence-electron chi connectivity index (χ0n) is 13.8. The van der Waals surface area contributed by atoms with E-state index in [4.69, 9.17) is 4.52 Å². The Balaban J connectivity index is 1.80. The summed E-state index contributed by atoms with van der Waals surface area (Å²) in [6.07, 6.45) is 1.65. The molecule has 0 spiro atoms. The van der Waals surface area contributed by atoms with Crippen LogP contribution in [0.25, 0.3) is 11.4 Å². The minimum atomic E-state index is 0.105. The van der Waals surface area contributed by atoms with Gasteiger partial charge in [0.1, 0.15) is 0 Å². The summed E-state index contributed by atoms with van der Waals surface area (Å²) in [5.74, 6) is 1.38. The van der Waals surface area contributed by atoms with Gasteiger partial charge >= 0.3 is 0 Å². The van der Waals surface area contributed by atoms with Gasteiger partial charge in [0, 0.05) is 24.9 Å². The largest absolute Gasteiger partial charge is 0.351 e. The molecular weight excluding hydrogens is 292 g/mol. The van der Waals surface area contributed by atoms with Crippen molar-refractivity contribution in [3.05, 3.63) is 36.2 Å². The molecular formula is C17H25N4O2+. The Morgan fingerprint density at radius 3 is 2.74 bits per heavy atom. The molecule has 1 unspecified atom stereocenters. The van der Waals surface area contributed by atoms with E-state index in [1.165, 1.54) is 4.90 Å². The van der Waals surface area contributed by atoms with Gasteiger partial charge in [-0.25, -0.2) is 0 Å². The van der Waals surface area contributed by atoms with Crippen LogP contribution in [0.2, 0.25) is 0 Å². The molecule has 1 aromatic heterocycles. The second-order valence-electron chi connectivity index (χ2n) is 5.47. The summed E-state index contributed by atoms with van der Waals surface area (Å²) < 4.78 is 5.30. The SMILES string of the molecule is CCNC(=O)C[NH+](CC)CCCc1nc(-c2ccccc2)no1. The summed E-state index contributed by atoms with van der Waals surface area (Å²) in [5.41, 5.74) is 0.958. The molecule has 0 aliphatic rings. The number of nitrogens with one attached hydrogen (secondary N) is 2. The maximum absolute atomic E-state index is 11.6. The van der Waals surface area contributed by atoms with Crippen LogP contribution >= 0.6 is 0 Å². The van der Waals surface area contributed by atoms with Crippen molar-refractivity contribution in [2.45, 2.75) is 26.7 Å². The summed E-state index contributed by atoms with van der Waals surface area (Å²) in [7, 11) is 0. The summed E-state index contributed by atoms with van der Waals surface area (Å²) in [5, 5.41) is 6.86. The number of amides is 1. The fourth-order valence-electron chi connectivity index (χ4n) is 2.43. The molecule has 2 aromatic rings. The summed E-state index contributed by atoms with van der Waals surface area (Å²) in [4.78, 5) is 17.3. The van der Waals surface area contributed by atoms with Crippen molar-refractivity contribution in [2.24, 2.45) is 0 Å². The van der Waals surface area contributed by atoms with Crippen LogP contribution < -0.4 is 10.2 Å². The number of hydrogen-bond donors (Lipinski definition) is 2. The van der Waals surface area contributed by atoms with E-state index in [1.54, 1.807) is 0 Å². The number of benzene rings is 1. The maximum atomic E-state index is 11.6. The van der Waals surface area contributed by atoms with Gasteiger partial charge in [-0.2, -0.15) is 4.98 Å². The first kappa shape index (κ1) is 17.1. The second-order valence-corrected chi connectivity index (χ2v) is 5.47. The standard InChI is InChI=1S/C17H24N4O2/c1-3-18-15(22)13-21(4-2)12-8-11-16-19-17(20-23-16)14-9-6-5-7-10-14/h5-7,9-10H,3-4,8,11-13H2,1-2H3,(H,18,22)/p+1. The van der Waals surface area contributed by atoms with Crippen LogP contribution in [0.3, 0.4) is 0 Å². The highest BCUT2D eigenvalue weighted by Crippen LogP contribution is 2.15. The molecule has 0 aliphatic heterocycles. The first-order chi connectivity index (χ1) is 11.2. The quantitative estimate of drug-likeness (QED) is 0.714. The maximum Gasteiger partial charge on any atom is 0.275 e. The zero-order valence-corrected chi connectivity index (χ0v) is 13.8. The van der Waals surface area contributed by atoms with Gasteiger partial charge < -0.3 is 14.7 Å². The Hall–Kier alpha value is -2.21. The van der Waals surface area contributed by atoms with Crippen molar-refractivity contribution in [3.8, 4) is 11.4 Å². The van der Waals surface area contributed by atoms with E-state index < -0.39 is 0 Å². The average molecular weight is 317 g/mol. The molecule has 0 saturated carbocycles. The monoisotopic (exact) mass is 317 g/mol. The minimum absolute atomic E-state index is 0.105. The van der Waals surface area contributed by atoms with Crippen molar-refractivity contribution in [1.82, 2.24) is 15.5 Å². The van der Waals surface area contributed by atoms with Gasteiger partial charge in [0.15, 0.2) is 6.54 Å². The molecule has 0 bridgehead atoms. The van der Waals surface area contributed by atoms with Crippen LogP contribution in [0.5, 0.6) is 0 Å². The van der Waals surface area contributed by atoms with Crippen molar-refractivity contribution in [2.75, 3.05) is 26.2 Å². The van der Waals surface area contributed by atoms with Gasteiger partial charge in [-0.15, -0.1) is 0 Å². The Morgan fingerprint density at radius 1 is 1.26 bits per heavy atom. The highest BCUT2D eigenvalue weighted by Gasteiger charge is 2.13. The minimum Gasteiger partial charge on any atom is -0.351 e. The molecule has 0 radical (unpaired) electrons. The molecule has 6 nitrogen and oxygen atoms in total. The third-order valence-electron chi connectivity index (χ3n) is 3.71. The number of rotatable bonds is 9. The summed E-state index contributed by atoms with van der Waals surface area (Å²) >= 11 is 0. The zero-order chi connectivity index (χ0) is 16.5. The fourth-order valence-corrected chi connectivity index (χ4v) is 2.43. The van der Waals surface area contributed by atoms with Gasteiger partial charge in [-0.3, -0.25) is 4.79 Å². The molecule has 1 amide bonds. The van der Waals surface area contributed by atoms with Crippen molar-refractivity contribution >= 4 is 5.91 Å². The number of likely N-dealkylation sites (N-methyl/N-ethyl adjacent to an activating group) is 2. The third kappa shape index (κ3) is 5.49. The van der Waals surface area contributed by atoms with E-state index in [1.807, 2.05) is 37.3 Å². The molecule has 1 heterocycles. The van der Waals surface area contributed by atoms with E-state index in [-0.39, 0.29) is 5.91 Å². The van der Waals surface area contributed by atoms with Crippen LogP contribution in [-0.2, 0) is 11.2 Å². The predicted molar refractivity (Wildman–Crippen MR) is 88.0 cm³/mol. The van der Waals surface area contributed by atoms with E-state index in [0.717, 1.165) is 31.5 Å². The Bertz CT molecular complexity index is 598. The lowest BCUT2D eigenvalue weighted by atomic mass is 10.2. The number of carbonyl (C=O) groups is 1. The van der Waals surface area contributed by atoms with Gasteiger partial charge in [0.25, 0.3) is 5.91 Å². The van der Waals surface area contributed by atoms with Crippen LogP contribution in [0.4, 0.5) is 0 Å². The predicted octanol–water partition coefficient (Wildman–Crippen LogP) is 0.710. The molecule has 23 heavy (non-hydrogen) atoms. The molecule has 0 fully saturated rings. The topological polar surface area (TPSA) is 72.5 Å². The molecule has 124 valence electrons. The Morgan fingerprint density at radius 2 is 2.04 bits per heavy atom. The molecule has 2 N–H and O–H groups in total. The molecule has 0 aliphatic carbocycles. The lowest BCUT2D eigenvalue weighted by Gasteiger charge is -2.16. The van der Waals surface area contributed by atoms with Crippen molar-refractivity contribution < 1.29 is 14.2 Å². The fraction of sp³-hybridized carbons (Fsp3) is 0.471. The number of aryl methyl sites for hydroxylation is 1. The van der Waals surface area contributed by atoms with E-state index in [0.29, 0.717) is 24.8 Å². The van der Waals surface area contributed by atoms with Crippen molar-refractivity contribution in [1.29, 1.82) is 0 Å². The number of aromatic nitrogens is 2. The normalized spacial score (nSPS) is 12.1. The van der Waals surface area contributed by atoms with Crippen LogP contribution in [0.1, 0.15) is 26.2 Å². The van der Waals surface area contributed by atoms with Crippen LogP contribution in [-0.4, -0.2) is 42.2 Å². The van der Waals surface area contributed by atoms with E-state index in [9.17, 15) is 4.79 Å². The molecule has 1 atom stereocenters. The smallest absolute Gasteiger partial charge is 0.275 e. The summed E-state index contributed by atoms with van der Waals surface area (Å²) in [6.45, 7) is 7.06. The number of carbonyl (C=O) groups excluding carboxylic acids is 1. The Kier molecular flexibility index (Phi) is 6.75. The number of quaternary nitrogens is 1. The van der Waals surface area contributed by atoms with Gasteiger partial charge in [0.2, 0.25) is 11.7 Å². The highest BCUT2D eigenvalue weighted by atomic mass is 16.5. The van der Waals surface area contributed by atoms with Gasteiger partial charge in [-0.1, -0.05) is 35.5 Å². The molecule has 2 rings (SSSR count). The first-order valence-corrected chi connectivity index (χ1v) is 8.21. The second kappa shape index (κ2) is 9.05. The van der Waals surface area contributed by atoms with Crippen LogP contribution in [0.15, 0.2) is 34.9 Å². The molecule has 1 aromatic carbocycles. The lowest BCUT2D eigenvalue weighted by Crippen LogP contribution is -3.12. The highest BCUT2D eigenvalue weighted by molar-refractivity contribution is 5.76. The summed E-state index contributed by atoms with van der Waals surface area (Å²) in [6, 6.07) is 9.79. The first-order valence-electron chi connectivity index (χ1n) is 8.21. The Labute approximate surface area is 136 Å². The van der Waals surface area contributed by atoms with E-state index in [2.05, 4.69) is 22.4 Å². The van der Waals surface area contributed by atoms with E-state index >= 15 is 0 Å². The molecule has 6 heteroatoms. The lowest BCUT2D eigenvalue weighted by molar-refractivity contribution is -0.890. The third-order valence-corrected chi connectivity index (χ3v) is 3.71. The van der Waals surface area contributed by atoms with Gasteiger partial charge in [0.05, 0.1) is 13.1 Å². The van der Waals surface area contributed by atoms with Gasteiger partial charge in [-0.05, 0) is 13.8 Å². The molecule has 0 saturated heterocycles. The number of nitrogens with zero attached hydrogens (tertiary/aromatic N) is 2. The average Bonchev–Trinajstić information content (AvgIpc) is 3.04. The van der Waals surface area contributed by atoms with Crippen molar-refractivity contribution in [3.63, 3.8) is 0 Å². The number of hydrogen-bond acceptors (Lipinski definition) is 4. The van der Waals surface area contributed by atoms with Crippen LogP contribution in [0, 0.1) is 0 Å².